The fourth-order valence-electron chi connectivity index (χ4n) is 4.25. The maximum atomic E-state index is 13.3. The molecule has 0 aromatic heterocycles. The molecule has 0 aliphatic carbocycles. The topological polar surface area (TPSA) is 130 Å². The molecule has 1 heterocycles. The van der Waals surface area contributed by atoms with Gasteiger partial charge in [-0.1, -0.05) is 66.7 Å². The standard InChI is InChI=1S/C33H34N2O9/c1-23(2)30(33(39)44-20-24-12-6-3-7-13-24)35-31(38)29(34-27(36)21-42-25-14-8-4-9-15-25)32(35)41-19-18-40-28(37)22-43-26-16-10-5-11-17-26/h3-17,29,32H,18-22H2,1-2H3,(H,34,36)/t29-,32?/m0/s1. The Morgan fingerprint density at radius 1 is 0.750 bits per heavy atom. The van der Waals surface area contributed by atoms with Gasteiger partial charge in [0.05, 0.1) is 6.61 Å². The van der Waals surface area contributed by atoms with Crippen molar-refractivity contribution in [3.05, 3.63) is 108 Å². The van der Waals surface area contributed by atoms with Crippen molar-refractivity contribution in [2.24, 2.45) is 0 Å². The van der Waals surface area contributed by atoms with Crippen LogP contribution in [0.15, 0.2) is 102 Å². The lowest BCUT2D eigenvalue weighted by atomic mass is 10.0. The van der Waals surface area contributed by atoms with E-state index < -0.39 is 36.0 Å². The number of rotatable bonds is 15. The molecule has 0 saturated carbocycles. The lowest BCUT2D eigenvalue weighted by molar-refractivity contribution is -0.185. The van der Waals surface area contributed by atoms with Gasteiger partial charge in [-0.25, -0.2) is 9.59 Å². The second-order valence-corrected chi connectivity index (χ2v) is 9.85. The van der Waals surface area contributed by atoms with Gasteiger partial charge in [-0.2, -0.15) is 0 Å². The molecule has 0 radical (unpaired) electrons. The van der Waals surface area contributed by atoms with Crippen molar-refractivity contribution in [2.45, 2.75) is 32.7 Å². The lowest BCUT2D eigenvalue weighted by Gasteiger charge is -2.46. The minimum absolute atomic E-state index is 0.00199. The molecule has 1 saturated heterocycles. The van der Waals surface area contributed by atoms with Gasteiger partial charge >= 0.3 is 11.9 Å². The van der Waals surface area contributed by atoms with Gasteiger partial charge in [-0.05, 0) is 49.2 Å². The Bertz CT molecular complexity index is 1440. The third-order valence-electron chi connectivity index (χ3n) is 6.33. The summed E-state index contributed by atoms with van der Waals surface area (Å²) in [5, 5.41) is 2.61. The molecule has 1 unspecified atom stereocenters. The van der Waals surface area contributed by atoms with E-state index >= 15 is 0 Å². The van der Waals surface area contributed by atoms with Gasteiger partial charge in [0.1, 0.15) is 30.4 Å². The number of benzene rings is 3. The number of β-lactam (4-membered cyclic amide) rings is 1. The lowest BCUT2D eigenvalue weighted by Crippen LogP contribution is -2.72. The smallest absolute Gasteiger partial charge is 0.355 e. The summed E-state index contributed by atoms with van der Waals surface area (Å²) in [6.07, 6.45) is -1.07. The predicted molar refractivity (Wildman–Crippen MR) is 158 cm³/mol. The summed E-state index contributed by atoms with van der Waals surface area (Å²) in [4.78, 5) is 52.4. The van der Waals surface area contributed by atoms with Crippen molar-refractivity contribution in [1.29, 1.82) is 0 Å². The predicted octanol–water partition coefficient (Wildman–Crippen LogP) is 3.39. The molecule has 4 rings (SSSR count). The molecule has 3 aromatic carbocycles. The highest BCUT2D eigenvalue weighted by Crippen LogP contribution is 2.29. The third kappa shape index (κ3) is 8.92. The van der Waals surface area contributed by atoms with Crippen molar-refractivity contribution in [2.75, 3.05) is 26.4 Å². The Labute approximate surface area is 255 Å². The first-order chi connectivity index (χ1) is 21.3. The molecule has 0 spiro atoms. The summed E-state index contributed by atoms with van der Waals surface area (Å²) in [6.45, 7) is 2.40. The number of amides is 2. The number of para-hydroxylation sites is 2. The zero-order valence-corrected chi connectivity index (χ0v) is 24.5. The number of esters is 2. The average molecular weight is 603 g/mol. The summed E-state index contributed by atoms with van der Waals surface area (Å²) in [7, 11) is 0. The SMILES string of the molecule is CC(C)=C(C(=O)OCc1ccccc1)N1C(=O)[C@H](NC(=O)COc2ccccc2)C1OCCOC(=O)COc1ccccc1. The Kier molecular flexibility index (Phi) is 11.5. The molecule has 11 heteroatoms. The van der Waals surface area contributed by atoms with Crippen LogP contribution in [0.2, 0.25) is 0 Å². The van der Waals surface area contributed by atoms with Crippen LogP contribution in [0.1, 0.15) is 19.4 Å². The molecule has 1 aliphatic heterocycles. The largest absolute Gasteiger partial charge is 0.484 e. The Balaban J connectivity index is 1.37. The van der Waals surface area contributed by atoms with Gasteiger partial charge < -0.3 is 29.0 Å². The highest BCUT2D eigenvalue weighted by atomic mass is 16.6. The molecule has 44 heavy (non-hydrogen) atoms. The zero-order chi connectivity index (χ0) is 31.3. The molecule has 1 aliphatic rings. The molecular weight excluding hydrogens is 568 g/mol. The summed E-state index contributed by atoms with van der Waals surface area (Å²) in [6, 6.07) is 25.6. The quantitative estimate of drug-likeness (QED) is 0.120. The summed E-state index contributed by atoms with van der Waals surface area (Å²) in [5.74, 6) is -1.45. The van der Waals surface area contributed by atoms with Crippen LogP contribution in [-0.4, -0.2) is 67.4 Å². The van der Waals surface area contributed by atoms with E-state index in [0.29, 0.717) is 17.1 Å². The number of hydrogen-bond donors (Lipinski definition) is 1. The van der Waals surface area contributed by atoms with Gasteiger partial charge in [-0.15, -0.1) is 0 Å². The molecule has 230 valence electrons. The molecule has 2 amide bonds. The van der Waals surface area contributed by atoms with E-state index in [1.165, 1.54) is 0 Å². The van der Waals surface area contributed by atoms with Crippen LogP contribution in [0.3, 0.4) is 0 Å². The Hall–Kier alpha value is -5.16. The normalized spacial score (nSPS) is 15.4. The van der Waals surface area contributed by atoms with Crippen LogP contribution >= 0.6 is 0 Å². The second kappa shape index (κ2) is 15.9. The number of allylic oxidation sites excluding steroid dienone is 1. The van der Waals surface area contributed by atoms with E-state index in [9.17, 15) is 19.2 Å². The number of nitrogens with one attached hydrogen (secondary N) is 1. The van der Waals surface area contributed by atoms with E-state index in [-0.39, 0.29) is 38.7 Å². The van der Waals surface area contributed by atoms with Crippen LogP contribution in [0.25, 0.3) is 0 Å². The molecular formula is C33H34N2O9. The maximum Gasteiger partial charge on any atom is 0.355 e. The first-order valence-electron chi connectivity index (χ1n) is 14.0. The number of ether oxygens (including phenoxy) is 5. The molecule has 0 bridgehead atoms. The molecule has 11 nitrogen and oxygen atoms in total. The van der Waals surface area contributed by atoms with Gasteiger partial charge in [-0.3, -0.25) is 14.5 Å². The van der Waals surface area contributed by atoms with Gasteiger partial charge in [0.25, 0.3) is 11.8 Å². The van der Waals surface area contributed by atoms with Gasteiger partial charge in [0, 0.05) is 0 Å². The monoisotopic (exact) mass is 602 g/mol. The van der Waals surface area contributed by atoms with E-state index in [1.807, 2.05) is 42.5 Å². The third-order valence-corrected chi connectivity index (χ3v) is 6.33. The van der Waals surface area contributed by atoms with E-state index in [0.717, 1.165) is 10.5 Å². The number of hydrogen-bond acceptors (Lipinski definition) is 9. The maximum absolute atomic E-state index is 13.3. The van der Waals surface area contributed by atoms with Crippen LogP contribution in [0.4, 0.5) is 0 Å². The summed E-state index contributed by atoms with van der Waals surface area (Å²) >= 11 is 0. The Morgan fingerprint density at radius 3 is 1.91 bits per heavy atom. The van der Waals surface area contributed by atoms with Crippen molar-refractivity contribution >= 4 is 23.8 Å². The summed E-state index contributed by atoms with van der Waals surface area (Å²) < 4.78 is 27.4. The zero-order valence-electron chi connectivity index (χ0n) is 24.5. The van der Waals surface area contributed by atoms with E-state index in [4.69, 9.17) is 23.7 Å². The van der Waals surface area contributed by atoms with Crippen LogP contribution in [0, 0.1) is 0 Å². The first-order valence-corrected chi connectivity index (χ1v) is 14.0. The number of carbonyl (C=O) groups excluding carboxylic acids is 4. The number of likely N-dealkylation sites (tertiary alicyclic amines) is 1. The highest BCUT2D eigenvalue weighted by molar-refractivity contribution is 6.01. The van der Waals surface area contributed by atoms with E-state index in [2.05, 4.69) is 5.32 Å². The highest BCUT2D eigenvalue weighted by Gasteiger charge is 2.52. The minimum Gasteiger partial charge on any atom is -0.484 e. The van der Waals surface area contributed by atoms with Crippen molar-refractivity contribution in [3.8, 4) is 11.5 Å². The van der Waals surface area contributed by atoms with Crippen LogP contribution < -0.4 is 14.8 Å². The second-order valence-electron chi connectivity index (χ2n) is 9.85. The molecule has 2 atom stereocenters. The molecule has 1 N–H and O–H groups in total. The molecule has 1 fully saturated rings. The fourth-order valence-corrected chi connectivity index (χ4v) is 4.25. The van der Waals surface area contributed by atoms with Crippen molar-refractivity contribution in [3.63, 3.8) is 0 Å². The number of carbonyl (C=O) groups is 4. The molecule has 3 aromatic rings. The van der Waals surface area contributed by atoms with Crippen LogP contribution in [-0.2, 0) is 40.0 Å². The average Bonchev–Trinajstić information content (AvgIpc) is 3.05. The van der Waals surface area contributed by atoms with Crippen LogP contribution in [0.5, 0.6) is 11.5 Å². The van der Waals surface area contributed by atoms with Gasteiger partial charge in [0.15, 0.2) is 25.5 Å². The Morgan fingerprint density at radius 2 is 1.32 bits per heavy atom. The minimum atomic E-state index is -1.12. The van der Waals surface area contributed by atoms with Crippen molar-refractivity contribution < 1.29 is 42.9 Å². The van der Waals surface area contributed by atoms with Gasteiger partial charge in [0.2, 0.25) is 0 Å². The van der Waals surface area contributed by atoms with Crippen molar-refractivity contribution in [1.82, 2.24) is 10.2 Å². The fraction of sp³-hybridized carbons (Fsp3) is 0.273. The summed E-state index contributed by atoms with van der Waals surface area (Å²) in [5.41, 5.74) is 1.28. The first kappa shape index (κ1) is 31.8. The van der Waals surface area contributed by atoms with E-state index in [1.54, 1.807) is 62.4 Å². The number of nitrogens with zero attached hydrogens (tertiary/aromatic N) is 1.